The molecule has 1 N–H and O–H groups in total. The number of aryl methyl sites for hydroxylation is 2. The zero-order chi connectivity index (χ0) is 24.7. The van der Waals surface area contributed by atoms with E-state index in [2.05, 4.69) is 20.9 Å². The number of amides is 1. The van der Waals surface area contributed by atoms with Crippen molar-refractivity contribution in [2.45, 2.75) is 19.9 Å². The molecule has 2 aromatic carbocycles. The van der Waals surface area contributed by atoms with E-state index in [1.165, 1.54) is 19.2 Å². The quantitative estimate of drug-likeness (QED) is 0.213. The molecule has 10 heteroatoms. The normalized spacial score (nSPS) is 17.3. The van der Waals surface area contributed by atoms with Crippen molar-refractivity contribution < 1.29 is 28.6 Å². The van der Waals surface area contributed by atoms with Crippen molar-refractivity contribution in [2.75, 3.05) is 12.0 Å². The van der Waals surface area contributed by atoms with E-state index in [1.807, 2.05) is 0 Å². The summed E-state index contributed by atoms with van der Waals surface area (Å²) in [4.78, 5) is 44.1. The molecule has 7 nitrogen and oxygen atoms in total. The topological polar surface area (TPSA) is 96.8 Å². The third-order valence-corrected chi connectivity index (χ3v) is 7.10. The number of ether oxygens (including phenoxy) is 1. The van der Waals surface area contributed by atoms with E-state index in [1.54, 1.807) is 38.1 Å². The van der Waals surface area contributed by atoms with Crippen LogP contribution in [0.15, 0.2) is 52.5 Å². The number of thiazole rings is 1. The van der Waals surface area contributed by atoms with Gasteiger partial charge < -0.3 is 9.84 Å². The van der Waals surface area contributed by atoms with Gasteiger partial charge in [0, 0.05) is 10.0 Å². The Bertz CT molecular complexity index is 1370. The largest absolute Gasteiger partial charge is 0.507 e. The van der Waals surface area contributed by atoms with Crippen molar-refractivity contribution in [1.29, 1.82) is 0 Å². The van der Waals surface area contributed by atoms with Crippen LogP contribution in [0.4, 0.5) is 9.52 Å². The van der Waals surface area contributed by atoms with Gasteiger partial charge in [-0.2, -0.15) is 0 Å². The number of halogens is 2. The lowest BCUT2D eigenvalue weighted by Gasteiger charge is -2.23. The summed E-state index contributed by atoms with van der Waals surface area (Å²) in [6.45, 7) is 3.16. The van der Waals surface area contributed by atoms with E-state index >= 15 is 0 Å². The van der Waals surface area contributed by atoms with Crippen molar-refractivity contribution in [2.24, 2.45) is 0 Å². The molecule has 1 aromatic heterocycles. The third-order valence-electron chi connectivity index (χ3n) is 5.44. The average molecular weight is 545 g/mol. The fraction of sp³-hybridized carbons (Fsp3) is 0.167. The Morgan fingerprint density at radius 3 is 2.47 bits per heavy atom. The number of esters is 1. The summed E-state index contributed by atoms with van der Waals surface area (Å²) in [5, 5.41) is 11.2. The molecule has 0 radical (unpaired) electrons. The molecule has 1 aliphatic rings. The van der Waals surface area contributed by atoms with Crippen LogP contribution in [0.5, 0.6) is 0 Å². The maximum atomic E-state index is 14.2. The molecule has 0 saturated carbocycles. The molecular formula is C24H18BrFN2O5S. The van der Waals surface area contributed by atoms with Crippen molar-refractivity contribution in [3.8, 4) is 0 Å². The van der Waals surface area contributed by atoms with Gasteiger partial charge in [0.1, 0.15) is 16.5 Å². The number of hydrogen-bond donors (Lipinski definition) is 1. The highest BCUT2D eigenvalue weighted by Gasteiger charge is 2.48. The second-order valence-corrected chi connectivity index (χ2v) is 9.48. The van der Waals surface area contributed by atoms with E-state index in [4.69, 9.17) is 4.74 Å². The highest BCUT2D eigenvalue weighted by Crippen LogP contribution is 2.44. The summed E-state index contributed by atoms with van der Waals surface area (Å²) in [7, 11) is 1.23. The van der Waals surface area contributed by atoms with Crippen molar-refractivity contribution >= 4 is 55.8 Å². The Labute approximate surface area is 206 Å². The maximum Gasteiger partial charge on any atom is 0.350 e. The van der Waals surface area contributed by atoms with Crippen molar-refractivity contribution in [3.05, 3.63) is 85.6 Å². The Morgan fingerprint density at radius 2 is 1.85 bits per heavy atom. The molecule has 2 heterocycles. The maximum absolute atomic E-state index is 14.2. The molecule has 0 aliphatic carbocycles. The van der Waals surface area contributed by atoms with Gasteiger partial charge in [0.15, 0.2) is 5.13 Å². The molecule has 1 aliphatic heterocycles. The number of aromatic nitrogens is 1. The number of methoxy groups -OCH3 is 1. The first kappa shape index (κ1) is 23.8. The van der Waals surface area contributed by atoms with Gasteiger partial charge in [-0.3, -0.25) is 14.5 Å². The van der Waals surface area contributed by atoms with Crippen LogP contribution >= 0.6 is 27.3 Å². The molecule has 1 atom stereocenters. The van der Waals surface area contributed by atoms with Crippen LogP contribution in [0.3, 0.4) is 0 Å². The first-order valence-corrected chi connectivity index (χ1v) is 11.6. The van der Waals surface area contributed by atoms with E-state index in [0.717, 1.165) is 26.8 Å². The highest BCUT2D eigenvalue weighted by molar-refractivity contribution is 9.10. The number of carbonyl (C=O) groups excluding carboxylic acids is 3. The fourth-order valence-electron chi connectivity index (χ4n) is 3.65. The number of benzene rings is 2. The Hall–Kier alpha value is -3.37. The van der Waals surface area contributed by atoms with Gasteiger partial charge in [-0.25, -0.2) is 14.2 Å². The number of anilines is 1. The predicted octanol–water partition coefficient (Wildman–Crippen LogP) is 5.07. The third kappa shape index (κ3) is 4.03. The van der Waals surface area contributed by atoms with E-state index < -0.39 is 35.3 Å². The number of Topliss-reactive ketones (excluding diaryl/α,β-unsaturated/α-hetero) is 1. The summed E-state index contributed by atoms with van der Waals surface area (Å²) < 4.78 is 19.8. The molecule has 174 valence electrons. The summed E-state index contributed by atoms with van der Waals surface area (Å²) in [6.07, 6.45) is 0. The second-order valence-electron chi connectivity index (χ2n) is 7.59. The van der Waals surface area contributed by atoms with Gasteiger partial charge in [0.2, 0.25) is 0 Å². The fourth-order valence-corrected chi connectivity index (χ4v) is 4.93. The minimum atomic E-state index is -1.05. The van der Waals surface area contributed by atoms with Crippen LogP contribution in [-0.4, -0.2) is 34.9 Å². The zero-order valence-corrected chi connectivity index (χ0v) is 20.7. The Morgan fingerprint density at radius 1 is 1.18 bits per heavy atom. The van der Waals surface area contributed by atoms with Crippen LogP contribution in [-0.2, 0) is 14.3 Å². The molecule has 1 unspecified atom stereocenters. The lowest BCUT2D eigenvalue weighted by molar-refractivity contribution is -0.132. The summed E-state index contributed by atoms with van der Waals surface area (Å²) >= 11 is 4.26. The number of hydrogen-bond acceptors (Lipinski definition) is 7. The van der Waals surface area contributed by atoms with Crippen molar-refractivity contribution in [1.82, 2.24) is 4.98 Å². The lowest BCUT2D eigenvalue weighted by Crippen LogP contribution is -2.29. The minimum Gasteiger partial charge on any atom is -0.507 e. The number of rotatable bonds is 4. The lowest BCUT2D eigenvalue weighted by atomic mass is 9.95. The molecule has 3 aromatic rings. The average Bonchev–Trinajstić information content (AvgIpc) is 3.32. The zero-order valence-electron chi connectivity index (χ0n) is 18.3. The van der Waals surface area contributed by atoms with Gasteiger partial charge >= 0.3 is 11.9 Å². The highest BCUT2D eigenvalue weighted by atomic mass is 79.9. The minimum absolute atomic E-state index is 0.0637. The van der Waals surface area contributed by atoms with Gasteiger partial charge in [-0.15, -0.1) is 0 Å². The second kappa shape index (κ2) is 9.11. The van der Waals surface area contributed by atoms with E-state index in [0.29, 0.717) is 16.8 Å². The summed E-state index contributed by atoms with van der Waals surface area (Å²) in [5.74, 6) is -3.55. The number of carbonyl (C=O) groups is 3. The SMILES string of the molecule is COC(=O)c1sc(N2C(=O)C(=O)C(=C(O)c3ccc(C)c(F)c3)C2c2ccc(Br)cc2)nc1C. The molecule has 34 heavy (non-hydrogen) atoms. The number of nitrogens with zero attached hydrogens (tertiary/aromatic N) is 2. The molecular weight excluding hydrogens is 527 g/mol. The van der Waals surface area contributed by atoms with Crippen molar-refractivity contribution in [3.63, 3.8) is 0 Å². The Balaban J connectivity index is 1.94. The number of aliphatic hydroxyl groups excluding tert-OH is 1. The Kier molecular flexibility index (Phi) is 6.37. The van der Waals surface area contributed by atoms with Gasteiger partial charge in [-0.05, 0) is 43.2 Å². The number of ketones is 1. The first-order chi connectivity index (χ1) is 16.1. The van der Waals surface area contributed by atoms with E-state index in [-0.39, 0.29) is 21.1 Å². The van der Waals surface area contributed by atoms with E-state index in [9.17, 15) is 23.9 Å². The predicted molar refractivity (Wildman–Crippen MR) is 128 cm³/mol. The van der Waals surface area contributed by atoms with Crippen LogP contribution in [0.1, 0.15) is 38.1 Å². The molecule has 1 amide bonds. The summed E-state index contributed by atoms with van der Waals surface area (Å²) in [6, 6.07) is 9.86. The molecule has 1 fully saturated rings. The standard InChI is InChI=1S/C24H18BrFN2O5S/c1-11-4-5-14(10-16(11)26)19(29)17-18(13-6-8-15(25)9-7-13)28(22(31)20(17)30)24-27-12(2)21(34-24)23(32)33-3/h4-10,18,29H,1-3H3. The van der Waals surface area contributed by atoms with Gasteiger partial charge in [0.05, 0.1) is 24.4 Å². The van der Waals surface area contributed by atoms with Crippen LogP contribution in [0, 0.1) is 19.7 Å². The van der Waals surface area contributed by atoms with Crippen LogP contribution < -0.4 is 4.90 Å². The van der Waals surface area contributed by atoms with Crippen LogP contribution in [0.25, 0.3) is 5.76 Å². The molecule has 1 saturated heterocycles. The summed E-state index contributed by atoms with van der Waals surface area (Å²) in [5.41, 5.74) is 1.08. The monoisotopic (exact) mass is 544 g/mol. The smallest absolute Gasteiger partial charge is 0.350 e. The van der Waals surface area contributed by atoms with Crippen LogP contribution in [0.2, 0.25) is 0 Å². The first-order valence-electron chi connectivity index (χ1n) is 10.0. The van der Waals surface area contributed by atoms with Gasteiger partial charge in [-0.1, -0.05) is 51.5 Å². The molecule has 4 rings (SSSR count). The molecule has 0 bridgehead atoms. The molecule has 0 spiro atoms. The van der Waals surface area contributed by atoms with Gasteiger partial charge in [0.25, 0.3) is 5.78 Å². The number of aliphatic hydroxyl groups is 1.